The first-order valence-electron chi connectivity index (χ1n) is 10.1. The van der Waals surface area contributed by atoms with E-state index in [1.807, 2.05) is 21.9 Å². The summed E-state index contributed by atoms with van der Waals surface area (Å²) in [5, 5.41) is 3.03. The zero-order chi connectivity index (χ0) is 18.8. The number of urea groups is 1. The molecule has 2 saturated heterocycles. The molecular weight excluding hydrogens is 345 g/mol. The van der Waals surface area contributed by atoms with Gasteiger partial charge in [0.2, 0.25) is 5.91 Å². The fourth-order valence-electron chi connectivity index (χ4n) is 4.32. The second-order valence-corrected chi connectivity index (χ2v) is 8.29. The third-order valence-electron chi connectivity index (χ3n) is 6.11. The van der Waals surface area contributed by atoms with Crippen LogP contribution in [0.4, 0.5) is 9.18 Å². The second kappa shape index (κ2) is 7.87. The number of amides is 3. The van der Waals surface area contributed by atoms with E-state index in [1.165, 1.54) is 12.1 Å². The van der Waals surface area contributed by atoms with E-state index in [-0.39, 0.29) is 23.7 Å². The quantitative estimate of drug-likeness (QED) is 0.863. The molecular formula is C21H28FN3O2. The van der Waals surface area contributed by atoms with Crippen molar-refractivity contribution in [3.8, 4) is 0 Å². The largest absolute Gasteiger partial charge is 0.339 e. The Labute approximate surface area is 159 Å². The van der Waals surface area contributed by atoms with Gasteiger partial charge in [0.25, 0.3) is 0 Å². The molecule has 3 fully saturated rings. The summed E-state index contributed by atoms with van der Waals surface area (Å²) in [6.45, 7) is 2.90. The first-order chi connectivity index (χ1) is 13.1. The Hall–Kier alpha value is -2.11. The standard InChI is InChI=1S/C21H28FN3O2/c22-18-3-1-15(2-4-18)11-16-7-9-24(10-8-16)21(27)23-13-17-12-20(26)25(14-17)19-5-6-19/h1-4,16-17,19H,5-14H2,(H,23,27). The smallest absolute Gasteiger partial charge is 0.317 e. The van der Waals surface area contributed by atoms with Crippen molar-refractivity contribution in [1.82, 2.24) is 15.1 Å². The first-order valence-corrected chi connectivity index (χ1v) is 10.1. The minimum atomic E-state index is -0.200. The summed E-state index contributed by atoms with van der Waals surface area (Å²) >= 11 is 0. The van der Waals surface area contributed by atoms with Gasteiger partial charge in [-0.2, -0.15) is 0 Å². The van der Waals surface area contributed by atoms with Crippen molar-refractivity contribution in [2.75, 3.05) is 26.2 Å². The Kier molecular flexibility index (Phi) is 5.32. The van der Waals surface area contributed by atoms with Crippen molar-refractivity contribution in [2.45, 2.75) is 44.6 Å². The lowest BCUT2D eigenvalue weighted by Crippen LogP contribution is -2.46. The van der Waals surface area contributed by atoms with Gasteiger partial charge in [-0.25, -0.2) is 9.18 Å². The summed E-state index contributed by atoms with van der Waals surface area (Å²) < 4.78 is 13.0. The molecule has 0 bridgehead atoms. The van der Waals surface area contributed by atoms with Crippen LogP contribution in [0.5, 0.6) is 0 Å². The van der Waals surface area contributed by atoms with E-state index in [0.717, 1.165) is 57.3 Å². The molecule has 27 heavy (non-hydrogen) atoms. The number of benzene rings is 1. The Morgan fingerprint density at radius 3 is 2.44 bits per heavy atom. The van der Waals surface area contributed by atoms with Gasteiger partial charge in [-0.3, -0.25) is 4.79 Å². The number of carbonyl (C=O) groups excluding carboxylic acids is 2. The molecule has 1 aromatic rings. The molecule has 1 saturated carbocycles. The average molecular weight is 373 g/mol. The van der Waals surface area contributed by atoms with Gasteiger partial charge in [-0.05, 0) is 55.7 Å². The van der Waals surface area contributed by atoms with Crippen molar-refractivity contribution in [3.05, 3.63) is 35.6 Å². The zero-order valence-corrected chi connectivity index (χ0v) is 15.7. The lowest BCUT2D eigenvalue weighted by atomic mass is 9.90. The van der Waals surface area contributed by atoms with Crippen LogP contribution in [0.1, 0.15) is 37.7 Å². The highest BCUT2D eigenvalue weighted by atomic mass is 19.1. The lowest BCUT2D eigenvalue weighted by molar-refractivity contribution is -0.128. The molecule has 1 unspecified atom stereocenters. The molecule has 0 spiro atoms. The maximum Gasteiger partial charge on any atom is 0.317 e. The average Bonchev–Trinajstić information content (AvgIpc) is 3.45. The summed E-state index contributed by atoms with van der Waals surface area (Å²) in [5.74, 6) is 0.838. The molecule has 0 aromatic heterocycles. The molecule has 1 aliphatic carbocycles. The Morgan fingerprint density at radius 1 is 1.07 bits per heavy atom. The van der Waals surface area contributed by atoms with E-state index in [9.17, 15) is 14.0 Å². The van der Waals surface area contributed by atoms with E-state index >= 15 is 0 Å². The highest BCUT2D eigenvalue weighted by Gasteiger charge is 2.39. The van der Waals surface area contributed by atoms with E-state index < -0.39 is 0 Å². The molecule has 6 heteroatoms. The van der Waals surface area contributed by atoms with E-state index in [0.29, 0.717) is 24.9 Å². The van der Waals surface area contributed by atoms with Crippen LogP contribution in [0.3, 0.4) is 0 Å². The molecule has 146 valence electrons. The van der Waals surface area contributed by atoms with Crippen molar-refractivity contribution < 1.29 is 14.0 Å². The number of hydrogen-bond donors (Lipinski definition) is 1. The van der Waals surface area contributed by atoms with Crippen LogP contribution in [0.25, 0.3) is 0 Å². The highest BCUT2D eigenvalue weighted by molar-refractivity contribution is 5.79. The van der Waals surface area contributed by atoms with Crippen molar-refractivity contribution >= 4 is 11.9 Å². The van der Waals surface area contributed by atoms with Crippen LogP contribution in [-0.2, 0) is 11.2 Å². The molecule has 1 aromatic carbocycles. The number of nitrogens with one attached hydrogen (secondary N) is 1. The van der Waals surface area contributed by atoms with Crippen molar-refractivity contribution in [3.63, 3.8) is 0 Å². The number of nitrogens with zero attached hydrogens (tertiary/aromatic N) is 2. The Morgan fingerprint density at radius 2 is 1.78 bits per heavy atom. The molecule has 2 aliphatic heterocycles. The third-order valence-corrected chi connectivity index (χ3v) is 6.11. The topological polar surface area (TPSA) is 52.7 Å². The summed E-state index contributed by atoms with van der Waals surface area (Å²) in [7, 11) is 0. The van der Waals surface area contributed by atoms with E-state index in [2.05, 4.69) is 5.32 Å². The number of rotatable bonds is 5. The number of halogens is 1. The molecule has 2 heterocycles. The summed E-state index contributed by atoms with van der Waals surface area (Å²) in [4.78, 5) is 28.3. The monoisotopic (exact) mass is 373 g/mol. The number of likely N-dealkylation sites (tertiary alicyclic amines) is 2. The van der Waals surface area contributed by atoms with Gasteiger partial charge in [-0.1, -0.05) is 12.1 Å². The van der Waals surface area contributed by atoms with Crippen LogP contribution in [0.15, 0.2) is 24.3 Å². The van der Waals surface area contributed by atoms with Gasteiger partial charge in [0.1, 0.15) is 5.82 Å². The Bertz CT molecular complexity index is 681. The first kappa shape index (κ1) is 18.3. The van der Waals surface area contributed by atoms with Crippen molar-refractivity contribution in [1.29, 1.82) is 0 Å². The molecule has 4 rings (SSSR count). The van der Waals surface area contributed by atoms with E-state index in [1.54, 1.807) is 0 Å². The molecule has 3 aliphatic rings. The number of piperidine rings is 1. The van der Waals surface area contributed by atoms with Crippen molar-refractivity contribution in [2.24, 2.45) is 11.8 Å². The minimum absolute atomic E-state index is 0.00690. The normalized spacial score (nSPS) is 23.7. The summed E-state index contributed by atoms with van der Waals surface area (Å²) in [6.07, 6.45) is 5.73. The SMILES string of the molecule is O=C(NCC1CC(=O)N(C2CC2)C1)N1CCC(Cc2ccc(F)cc2)CC1. The van der Waals surface area contributed by atoms with Gasteiger partial charge in [0, 0.05) is 44.6 Å². The van der Waals surface area contributed by atoms with Gasteiger partial charge >= 0.3 is 6.03 Å². The molecule has 5 nitrogen and oxygen atoms in total. The fraction of sp³-hybridized carbons (Fsp3) is 0.619. The maximum atomic E-state index is 13.0. The predicted molar refractivity (Wildman–Crippen MR) is 101 cm³/mol. The molecule has 1 atom stereocenters. The number of carbonyl (C=O) groups is 2. The van der Waals surface area contributed by atoms with E-state index in [4.69, 9.17) is 0 Å². The molecule has 0 radical (unpaired) electrons. The van der Waals surface area contributed by atoms with Crippen LogP contribution >= 0.6 is 0 Å². The lowest BCUT2D eigenvalue weighted by Gasteiger charge is -2.32. The van der Waals surface area contributed by atoms with Crippen LogP contribution in [0, 0.1) is 17.7 Å². The third kappa shape index (κ3) is 4.60. The molecule has 1 N–H and O–H groups in total. The van der Waals surface area contributed by atoms with Gasteiger partial charge in [-0.15, -0.1) is 0 Å². The second-order valence-electron chi connectivity index (χ2n) is 8.29. The van der Waals surface area contributed by atoms with Crippen LogP contribution < -0.4 is 5.32 Å². The minimum Gasteiger partial charge on any atom is -0.339 e. The zero-order valence-electron chi connectivity index (χ0n) is 15.7. The van der Waals surface area contributed by atoms with Gasteiger partial charge in [0.05, 0.1) is 0 Å². The maximum absolute atomic E-state index is 13.0. The summed E-state index contributed by atoms with van der Waals surface area (Å²) in [6, 6.07) is 7.18. The highest BCUT2D eigenvalue weighted by Crippen LogP contribution is 2.32. The van der Waals surface area contributed by atoms with Gasteiger partial charge < -0.3 is 15.1 Å². The summed E-state index contributed by atoms with van der Waals surface area (Å²) in [5.41, 5.74) is 1.16. The number of hydrogen-bond acceptors (Lipinski definition) is 2. The van der Waals surface area contributed by atoms with Crippen LogP contribution in [0.2, 0.25) is 0 Å². The molecule has 3 amide bonds. The van der Waals surface area contributed by atoms with Crippen LogP contribution in [-0.4, -0.2) is 54.0 Å². The van der Waals surface area contributed by atoms with Gasteiger partial charge in [0.15, 0.2) is 0 Å². The predicted octanol–water partition coefficient (Wildman–Crippen LogP) is 2.80. The Balaban J connectivity index is 1.17. The fourth-order valence-corrected chi connectivity index (χ4v) is 4.32.